The first-order valence-corrected chi connectivity index (χ1v) is 10.4. The molecule has 0 bridgehead atoms. The van der Waals surface area contributed by atoms with Crippen LogP contribution in [-0.4, -0.2) is 62.1 Å². The first-order valence-electron chi connectivity index (χ1n) is 10.4. The van der Waals surface area contributed by atoms with E-state index in [2.05, 4.69) is 42.7 Å². The van der Waals surface area contributed by atoms with E-state index < -0.39 is 0 Å². The maximum atomic E-state index is 11.9. The van der Waals surface area contributed by atoms with Crippen molar-refractivity contribution in [2.24, 2.45) is 0 Å². The second-order valence-corrected chi connectivity index (χ2v) is 7.81. The minimum atomic E-state index is -0.0452. The number of anilines is 1. The number of hydrogen-bond acceptors (Lipinski definition) is 7. The Hall–Kier alpha value is -4.01. The highest BCUT2D eigenvalue weighted by molar-refractivity contribution is 5.93. The number of carbonyl (C=O) groups excluding carboxylic acids is 1. The van der Waals surface area contributed by atoms with Crippen molar-refractivity contribution >= 4 is 33.5 Å². The summed E-state index contributed by atoms with van der Waals surface area (Å²) in [5.74, 6) is 1.90. The molecule has 1 aliphatic heterocycles. The molecule has 0 radical (unpaired) electrons. The fourth-order valence-corrected chi connectivity index (χ4v) is 4.07. The lowest BCUT2D eigenvalue weighted by atomic mass is 10.1. The van der Waals surface area contributed by atoms with Gasteiger partial charge in [0.25, 0.3) is 0 Å². The molecule has 0 atom stereocenters. The van der Waals surface area contributed by atoms with Gasteiger partial charge in [-0.15, -0.1) is 0 Å². The summed E-state index contributed by atoms with van der Waals surface area (Å²) in [6, 6.07) is 3.95. The molecule has 9 heteroatoms. The van der Waals surface area contributed by atoms with E-state index >= 15 is 0 Å². The van der Waals surface area contributed by atoms with E-state index in [9.17, 15) is 4.79 Å². The Bertz CT molecular complexity index is 1340. The number of aromatic amines is 1. The van der Waals surface area contributed by atoms with Crippen LogP contribution in [0.3, 0.4) is 0 Å². The van der Waals surface area contributed by atoms with Crippen molar-refractivity contribution in [1.82, 2.24) is 30.0 Å². The number of pyridine rings is 1. The molecule has 5 rings (SSSR count). The fraction of sp³-hybridized carbons (Fsp3) is 0.261. The second kappa shape index (κ2) is 7.92. The summed E-state index contributed by atoms with van der Waals surface area (Å²) in [4.78, 5) is 29.3. The number of ether oxygens (including phenoxy) is 1. The number of aryl methyl sites for hydroxylation is 1. The average Bonchev–Trinajstić information content (AvgIpc) is 3.29. The molecule has 1 amide bonds. The Morgan fingerprint density at radius 1 is 1.16 bits per heavy atom. The van der Waals surface area contributed by atoms with Crippen LogP contribution in [0.1, 0.15) is 11.1 Å². The predicted molar refractivity (Wildman–Crippen MR) is 122 cm³/mol. The summed E-state index contributed by atoms with van der Waals surface area (Å²) in [6.07, 6.45) is 6.35. The number of piperazine rings is 1. The minimum absolute atomic E-state index is 0.0452. The van der Waals surface area contributed by atoms with E-state index in [1.54, 1.807) is 17.3 Å². The van der Waals surface area contributed by atoms with Crippen LogP contribution in [0.4, 0.5) is 5.82 Å². The lowest BCUT2D eigenvalue weighted by Crippen LogP contribution is -2.48. The van der Waals surface area contributed by atoms with Crippen molar-refractivity contribution in [3.05, 3.63) is 54.6 Å². The zero-order valence-electron chi connectivity index (χ0n) is 18.0. The van der Waals surface area contributed by atoms with Gasteiger partial charge in [-0.05, 0) is 43.2 Å². The molecule has 32 heavy (non-hydrogen) atoms. The van der Waals surface area contributed by atoms with E-state index in [1.165, 1.54) is 12.4 Å². The largest absolute Gasteiger partial charge is 0.436 e. The molecule has 1 saturated heterocycles. The number of nitrogens with zero attached hydrogens (tertiary/aromatic N) is 6. The highest BCUT2D eigenvalue weighted by Gasteiger charge is 2.23. The fourth-order valence-electron chi connectivity index (χ4n) is 4.07. The number of benzene rings is 1. The van der Waals surface area contributed by atoms with Crippen LogP contribution in [0.25, 0.3) is 21.8 Å². The van der Waals surface area contributed by atoms with Gasteiger partial charge in [0.1, 0.15) is 23.4 Å². The van der Waals surface area contributed by atoms with Crippen LogP contribution in [-0.2, 0) is 4.79 Å². The normalized spacial score (nSPS) is 14.2. The third kappa shape index (κ3) is 3.31. The molecule has 1 aromatic carbocycles. The molecule has 0 unspecified atom stereocenters. The zero-order valence-corrected chi connectivity index (χ0v) is 18.0. The van der Waals surface area contributed by atoms with Gasteiger partial charge in [-0.2, -0.15) is 5.10 Å². The standard InChI is InChI=1S/C23H23N7O2/c1-4-19(31)29-7-9-30(10-8-29)22-16-5-6-24-23(20(16)25-13-26-22)32-21-15(3)14(2)11-18-17(21)12-27-28-18/h4-6,11-13H,1,7-10H2,2-3H3,(H,27,28). The minimum Gasteiger partial charge on any atom is -0.436 e. The molecule has 0 aliphatic carbocycles. The maximum absolute atomic E-state index is 11.9. The van der Waals surface area contributed by atoms with Gasteiger partial charge in [0.15, 0.2) is 0 Å². The number of fused-ring (bicyclic) bond motifs is 2. The first-order chi connectivity index (χ1) is 15.6. The van der Waals surface area contributed by atoms with E-state index in [4.69, 9.17) is 4.74 Å². The second-order valence-electron chi connectivity index (χ2n) is 7.81. The third-order valence-electron chi connectivity index (χ3n) is 5.97. The van der Waals surface area contributed by atoms with Crippen molar-refractivity contribution in [2.45, 2.75) is 13.8 Å². The lowest BCUT2D eigenvalue weighted by molar-refractivity contribution is -0.126. The lowest BCUT2D eigenvalue weighted by Gasteiger charge is -2.35. The molecule has 162 valence electrons. The third-order valence-corrected chi connectivity index (χ3v) is 5.97. The van der Waals surface area contributed by atoms with Gasteiger partial charge < -0.3 is 14.5 Å². The number of amides is 1. The van der Waals surface area contributed by atoms with Crippen molar-refractivity contribution in [1.29, 1.82) is 0 Å². The molecular weight excluding hydrogens is 406 g/mol. The van der Waals surface area contributed by atoms with Gasteiger partial charge >= 0.3 is 0 Å². The summed E-state index contributed by atoms with van der Waals surface area (Å²) < 4.78 is 6.34. The van der Waals surface area contributed by atoms with E-state index in [1.807, 2.05) is 19.9 Å². The van der Waals surface area contributed by atoms with Gasteiger partial charge in [0.05, 0.1) is 17.1 Å². The summed E-state index contributed by atoms with van der Waals surface area (Å²) in [5, 5.41) is 8.91. The van der Waals surface area contributed by atoms with Crippen molar-refractivity contribution < 1.29 is 9.53 Å². The topological polar surface area (TPSA) is 100 Å². The SMILES string of the molecule is C=CC(=O)N1CCN(c2ncnc3c(Oc4c(C)c(C)cc5[nH]ncc45)nccc23)CC1. The van der Waals surface area contributed by atoms with Gasteiger partial charge in [-0.1, -0.05) is 6.58 Å². The average molecular weight is 429 g/mol. The van der Waals surface area contributed by atoms with Gasteiger partial charge in [-0.3, -0.25) is 9.89 Å². The van der Waals surface area contributed by atoms with Gasteiger partial charge in [-0.25, -0.2) is 15.0 Å². The van der Waals surface area contributed by atoms with Crippen LogP contribution < -0.4 is 9.64 Å². The number of H-pyrrole nitrogens is 1. The molecule has 3 aromatic heterocycles. The summed E-state index contributed by atoms with van der Waals surface area (Å²) in [6.45, 7) is 10.2. The molecule has 4 heterocycles. The Morgan fingerprint density at radius 2 is 1.97 bits per heavy atom. The molecular formula is C23H23N7O2. The Labute approximate surface area is 184 Å². The number of carbonyl (C=O) groups is 1. The monoisotopic (exact) mass is 429 g/mol. The summed E-state index contributed by atoms with van der Waals surface area (Å²) in [5.41, 5.74) is 3.67. The number of rotatable bonds is 4. The highest BCUT2D eigenvalue weighted by atomic mass is 16.5. The molecule has 9 nitrogen and oxygen atoms in total. The maximum Gasteiger partial charge on any atom is 0.246 e. The number of nitrogens with one attached hydrogen (secondary N) is 1. The Morgan fingerprint density at radius 3 is 2.75 bits per heavy atom. The van der Waals surface area contributed by atoms with Crippen LogP contribution in [0.5, 0.6) is 11.6 Å². The molecule has 0 saturated carbocycles. The van der Waals surface area contributed by atoms with Crippen LogP contribution >= 0.6 is 0 Å². The molecule has 1 N–H and O–H groups in total. The number of hydrogen-bond donors (Lipinski definition) is 1. The molecule has 0 spiro atoms. The van der Waals surface area contributed by atoms with Crippen molar-refractivity contribution in [3.8, 4) is 11.6 Å². The quantitative estimate of drug-likeness (QED) is 0.498. The van der Waals surface area contributed by atoms with Gasteiger partial charge in [0, 0.05) is 37.8 Å². The van der Waals surface area contributed by atoms with Crippen LogP contribution in [0.15, 0.2) is 43.5 Å². The van der Waals surface area contributed by atoms with E-state index in [0.29, 0.717) is 43.3 Å². The molecule has 1 aliphatic rings. The Kier molecular flexibility index (Phi) is 4.93. The smallest absolute Gasteiger partial charge is 0.246 e. The van der Waals surface area contributed by atoms with Crippen molar-refractivity contribution in [2.75, 3.05) is 31.1 Å². The highest BCUT2D eigenvalue weighted by Crippen LogP contribution is 2.37. The van der Waals surface area contributed by atoms with E-state index in [-0.39, 0.29) is 5.91 Å². The number of aromatic nitrogens is 5. The first kappa shape index (κ1) is 19.9. The van der Waals surface area contributed by atoms with E-state index in [0.717, 1.165) is 33.2 Å². The van der Waals surface area contributed by atoms with Crippen molar-refractivity contribution in [3.63, 3.8) is 0 Å². The summed E-state index contributed by atoms with van der Waals surface area (Å²) in [7, 11) is 0. The molecule has 1 fully saturated rings. The Balaban J connectivity index is 1.51. The van der Waals surface area contributed by atoms with Gasteiger partial charge in [0.2, 0.25) is 11.8 Å². The molecule has 4 aromatic rings. The zero-order chi connectivity index (χ0) is 22.2. The summed E-state index contributed by atoms with van der Waals surface area (Å²) >= 11 is 0. The predicted octanol–water partition coefficient (Wildman–Crippen LogP) is 3.14. The van der Waals surface area contributed by atoms with Crippen LogP contribution in [0.2, 0.25) is 0 Å². The van der Waals surface area contributed by atoms with Crippen LogP contribution in [0, 0.1) is 13.8 Å².